The Balaban J connectivity index is 1.66. The van der Waals surface area contributed by atoms with Crippen LogP contribution < -0.4 is 10.9 Å². The fraction of sp³-hybridized carbons (Fsp3) is 0.261. The van der Waals surface area contributed by atoms with Gasteiger partial charge in [-0.15, -0.1) is 0 Å². The standard InChI is InChI=1S/C23H25ClN4O3/c1-27(2)13-4-14-31-23(30)25-20-6-3-5-17(15-20)16-28-22(29)12-11-21(26-28)18-7-9-19(24)10-8-18/h3,5-12,15H,4,13-14,16H2,1-2H3,(H,25,30). The third-order valence-corrected chi connectivity index (χ3v) is 4.75. The number of anilines is 1. The van der Waals surface area contributed by atoms with E-state index in [1.165, 1.54) is 10.7 Å². The molecule has 0 unspecified atom stereocenters. The van der Waals surface area contributed by atoms with Crippen LogP contribution in [0.3, 0.4) is 0 Å². The molecule has 1 N–H and O–H groups in total. The molecule has 0 aliphatic carbocycles. The van der Waals surface area contributed by atoms with Crippen LogP contribution in [0.5, 0.6) is 0 Å². The van der Waals surface area contributed by atoms with Gasteiger partial charge >= 0.3 is 6.09 Å². The number of ether oxygens (including phenoxy) is 1. The zero-order chi connectivity index (χ0) is 22.2. The highest BCUT2D eigenvalue weighted by atomic mass is 35.5. The largest absolute Gasteiger partial charge is 0.449 e. The average molecular weight is 441 g/mol. The lowest BCUT2D eigenvalue weighted by molar-refractivity contribution is 0.156. The number of hydrogen-bond acceptors (Lipinski definition) is 5. The van der Waals surface area contributed by atoms with Crippen molar-refractivity contribution in [1.29, 1.82) is 0 Å². The zero-order valence-corrected chi connectivity index (χ0v) is 18.3. The van der Waals surface area contributed by atoms with E-state index >= 15 is 0 Å². The van der Waals surface area contributed by atoms with E-state index in [9.17, 15) is 9.59 Å². The molecule has 3 rings (SSSR count). The summed E-state index contributed by atoms with van der Waals surface area (Å²) in [5.74, 6) is 0. The summed E-state index contributed by atoms with van der Waals surface area (Å²) >= 11 is 5.95. The van der Waals surface area contributed by atoms with Crippen LogP contribution in [-0.2, 0) is 11.3 Å². The molecule has 0 saturated carbocycles. The quantitative estimate of drug-likeness (QED) is 0.533. The van der Waals surface area contributed by atoms with Gasteiger partial charge in [-0.25, -0.2) is 9.48 Å². The molecule has 1 heterocycles. The number of halogens is 1. The minimum absolute atomic E-state index is 0.212. The predicted octanol–water partition coefficient (Wildman–Crippen LogP) is 4.11. The highest BCUT2D eigenvalue weighted by Gasteiger charge is 2.07. The Hall–Kier alpha value is -3.16. The Labute approximate surface area is 186 Å². The summed E-state index contributed by atoms with van der Waals surface area (Å²) in [6, 6.07) is 17.7. The second kappa shape index (κ2) is 10.7. The molecule has 0 aliphatic heterocycles. The molecular formula is C23H25ClN4O3. The van der Waals surface area contributed by atoms with Crippen LogP contribution in [0.15, 0.2) is 65.5 Å². The Morgan fingerprint density at radius 1 is 1.13 bits per heavy atom. The number of carbonyl (C=O) groups is 1. The van der Waals surface area contributed by atoms with Gasteiger partial charge < -0.3 is 9.64 Å². The molecule has 8 heteroatoms. The van der Waals surface area contributed by atoms with E-state index in [-0.39, 0.29) is 12.1 Å². The van der Waals surface area contributed by atoms with Crippen molar-refractivity contribution in [2.75, 3.05) is 32.6 Å². The Kier molecular flexibility index (Phi) is 7.81. The van der Waals surface area contributed by atoms with Crippen molar-refractivity contribution in [3.05, 3.63) is 81.6 Å². The first-order chi connectivity index (χ1) is 14.9. The molecule has 0 spiro atoms. The maximum atomic E-state index is 12.3. The van der Waals surface area contributed by atoms with Gasteiger partial charge in [-0.1, -0.05) is 35.9 Å². The van der Waals surface area contributed by atoms with Crippen molar-refractivity contribution in [3.8, 4) is 11.3 Å². The summed E-state index contributed by atoms with van der Waals surface area (Å²) in [6.45, 7) is 1.47. The Morgan fingerprint density at radius 3 is 2.65 bits per heavy atom. The molecule has 31 heavy (non-hydrogen) atoms. The topological polar surface area (TPSA) is 76.5 Å². The van der Waals surface area contributed by atoms with Crippen molar-refractivity contribution in [2.24, 2.45) is 0 Å². The summed E-state index contributed by atoms with van der Waals surface area (Å²) in [6.07, 6.45) is 0.259. The highest BCUT2D eigenvalue weighted by Crippen LogP contribution is 2.19. The summed E-state index contributed by atoms with van der Waals surface area (Å²) in [7, 11) is 3.94. The number of amides is 1. The lowest BCUT2D eigenvalue weighted by Gasteiger charge is -2.11. The van der Waals surface area contributed by atoms with E-state index in [1.54, 1.807) is 30.3 Å². The van der Waals surface area contributed by atoms with E-state index in [1.807, 2.05) is 43.3 Å². The molecule has 1 aromatic heterocycles. The highest BCUT2D eigenvalue weighted by molar-refractivity contribution is 6.30. The van der Waals surface area contributed by atoms with E-state index in [0.717, 1.165) is 24.1 Å². The SMILES string of the molecule is CN(C)CCCOC(=O)Nc1cccc(Cn2nc(-c3ccc(Cl)cc3)ccc2=O)c1. The van der Waals surface area contributed by atoms with Crippen molar-refractivity contribution in [2.45, 2.75) is 13.0 Å². The second-order valence-corrected chi connectivity index (χ2v) is 7.78. The van der Waals surface area contributed by atoms with Crippen molar-refractivity contribution < 1.29 is 9.53 Å². The molecule has 0 saturated heterocycles. The molecule has 0 aliphatic rings. The van der Waals surface area contributed by atoms with E-state index in [0.29, 0.717) is 23.0 Å². The van der Waals surface area contributed by atoms with Gasteiger partial charge in [0.1, 0.15) is 0 Å². The van der Waals surface area contributed by atoms with Gasteiger partial charge in [-0.3, -0.25) is 10.1 Å². The smallest absolute Gasteiger partial charge is 0.411 e. The van der Waals surface area contributed by atoms with Gasteiger partial charge in [0.05, 0.1) is 18.8 Å². The first-order valence-electron chi connectivity index (χ1n) is 9.92. The van der Waals surface area contributed by atoms with E-state index in [4.69, 9.17) is 16.3 Å². The molecule has 7 nitrogen and oxygen atoms in total. The first kappa shape index (κ1) is 22.5. The lowest BCUT2D eigenvalue weighted by Crippen LogP contribution is -2.23. The van der Waals surface area contributed by atoms with Crippen LogP contribution >= 0.6 is 11.6 Å². The predicted molar refractivity (Wildman–Crippen MR) is 123 cm³/mol. The fourth-order valence-electron chi connectivity index (χ4n) is 2.96. The second-order valence-electron chi connectivity index (χ2n) is 7.34. The molecule has 0 radical (unpaired) electrons. The number of hydrogen-bond donors (Lipinski definition) is 1. The molecule has 0 bridgehead atoms. The van der Waals surface area contributed by atoms with Crippen LogP contribution in [0.2, 0.25) is 5.02 Å². The molecule has 0 atom stereocenters. The number of nitrogens with one attached hydrogen (secondary N) is 1. The van der Waals surface area contributed by atoms with Crippen LogP contribution in [0.1, 0.15) is 12.0 Å². The molecule has 2 aromatic carbocycles. The monoisotopic (exact) mass is 440 g/mol. The molecule has 3 aromatic rings. The molecule has 1 amide bonds. The number of carbonyl (C=O) groups excluding carboxylic acids is 1. The normalized spacial score (nSPS) is 10.8. The van der Waals surface area contributed by atoms with Crippen molar-refractivity contribution >= 4 is 23.4 Å². The van der Waals surface area contributed by atoms with Gasteiger partial charge in [0.25, 0.3) is 5.56 Å². The number of aromatic nitrogens is 2. The zero-order valence-electron chi connectivity index (χ0n) is 17.5. The van der Waals surface area contributed by atoms with Gasteiger partial charge in [-0.2, -0.15) is 5.10 Å². The van der Waals surface area contributed by atoms with Gasteiger partial charge in [-0.05, 0) is 56.4 Å². The summed E-state index contributed by atoms with van der Waals surface area (Å²) in [4.78, 5) is 26.3. The first-order valence-corrected chi connectivity index (χ1v) is 10.3. The van der Waals surface area contributed by atoms with Gasteiger partial charge in [0.2, 0.25) is 0 Å². The molecule has 0 fully saturated rings. The minimum Gasteiger partial charge on any atom is -0.449 e. The lowest BCUT2D eigenvalue weighted by atomic mass is 10.1. The van der Waals surface area contributed by atoms with Crippen molar-refractivity contribution in [3.63, 3.8) is 0 Å². The Bertz CT molecular complexity index is 1080. The number of rotatable bonds is 8. The van der Waals surface area contributed by atoms with Crippen LogP contribution in [0, 0.1) is 0 Å². The van der Waals surface area contributed by atoms with E-state index in [2.05, 4.69) is 10.4 Å². The third kappa shape index (κ3) is 6.94. The summed E-state index contributed by atoms with van der Waals surface area (Å²) in [5.41, 5.74) is 2.75. The third-order valence-electron chi connectivity index (χ3n) is 4.50. The van der Waals surface area contributed by atoms with Crippen molar-refractivity contribution in [1.82, 2.24) is 14.7 Å². The summed E-state index contributed by atoms with van der Waals surface area (Å²) < 4.78 is 6.58. The van der Waals surface area contributed by atoms with E-state index < -0.39 is 6.09 Å². The number of benzene rings is 2. The molecular weight excluding hydrogens is 416 g/mol. The maximum Gasteiger partial charge on any atom is 0.411 e. The minimum atomic E-state index is -0.504. The fourth-order valence-corrected chi connectivity index (χ4v) is 3.08. The van der Waals surface area contributed by atoms with Crippen LogP contribution in [0.25, 0.3) is 11.3 Å². The van der Waals surface area contributed by atoms with Crippen LogP contribution in [-0.4, -0.2) is 48.0 Å². The average Bonchev–Trinajstić information content (AvgIpc) is 2.74. The maximum absolute atomic E-state index is 12.3. The Morgan fingerprint density at radius 2 is 1.90 bits per heavy atom. The van der Waals surface area contributed by atoms with Gasteiger partial charge in [0, 0.05) is 28.9 Å². The number of nitrogens with zero attached hydrogens (tertiary/aromatic N) is 3. The van der Waals surface area contributed by atoms with Gasteiger partial charge in [0.15, 0.2) is 0 Å². The van der Waals surface area contributed by atoms with Crippen LogP contribution in [0.4, 0.5) is 10.5 Å². The molecule has 162 valence electrons. The summed E-state index contributed by atoms with van der Waals surface area (Å²) in [5, 5.41) is 7.82.